The largest absolute Gasteiger partial charge is 0.338 e. The molecule has 0 aromatic carbocycles. The van der Waals surface area contributed by atoms with Crippen molar-refractivity contribution in [2.45, 2.75) is 33.1 Å². The summed E-state index contributed by atoms with van der Waals surface area (Å²) in [6.45, 7) is 5.68. The molecule has 0 aromatic heterocycles. The van der Waals surface area contributed by atoms with Crippen LogP contribution in [0.3, 0.4) is 0 Å². The maximum absolute atomic E-state index is 10.9. The van der Waals surface area contributed by atoms with Gasteiger partial charge in [0.15, 0.2) is 0 Å². The van der Waals surface area contributed by atoms with Crippen molar-refractivity contribution in [3.63, 3.8) is 0 Å². The molecule has 0 unspecified atom stereocenters. The molecule has 0 aliphatic heterocycles. The SMILES string of the molecule is CCCCNC(=O)NCCC. The smallest absolute Gasteiger partial charge is 0.314 e. The van der Waals surface area contributed by atoms with Crippen molar-refractivity contribution < 1.29 is 4.79 Å². The lowest BCUT2D eigenvalue weighted by atomic mass is 10.3. The molecule has 0 atom stereocenters. The van der Waals surface area contributed by atoms with Gasteiger partial charge in [-0.2, -0.15) is 0 Å². The number of carbonyl (C=O) groups is 1. The highest BCUT2D eigenvalue weighted by atomic mass is 16.2. The van der Waals surface area contributed by atoms with E-state index in [0.29, 0.717) is 0 Å². The van der Waals surface area contributed by atoms with Gasteiger partial charge in [-0.3, -0.25) is 0 Å². The first-order chi connectivity index (χ1) is 5.31. The molecule has 2 N–H and O–H groups in total. The molecule has 3 heteroatoms. The fourth-order valence-electron chi connectivity index (χ4n) is 0.680. The van der Waals surface area contributed by atoms with Crippen LogP contribution in [0.15, 0.2) is 0 Å². The molecule has 0 bridgehead atoms. The third kappa shape index (κ3) is 7.16. The monoisotopic (exact) mass is 158 g/mol. The van der Waals surface area contributed by atoms with Crippen molar-refractivity contribution in [3.8, 4) is 0 Å². The number of hydrogen-bond donors (Lipinski definition) is 2. The lowest BCUT2D eigenvalue weighted by Crippen LogP contribution is -2.36. The molecule has 0 radical (unpaired) electrons. The predicted molar refractivity (Wildman–Crippen MR) is 46.6 cm³/mol. The Morgan fingerprint density at radius 3 is 2.27 bits per heavy atom. The summed E-state index contributed by atoms with van der Waals surface area (Å²) in [6, 6.07) is -0.0414. The summed E-state index contributed by atoms with van der Waals surface area (Å²) in [5.74, 6) is 0. The molecule has 0 saturated heterocycles. The van der Waals surface area contributed by atoms with Gasteiger partial charge in [0.25, 0.3) is 0 Å². The number of carbonyl (C=O) groups excluding carboxylic acids is 1. The van der Waals surface area contributed by atoms with E-state index in [9.17, 15) is 4.79 Å². The standard InChI is InChI=1S/C8H18N2O/c1-3-5-7-10-8(11)9-6-4-2/h3-7H2,1-2H3,(H2,9,10,11). The minimum absolute atomic E-state index is 0.0414. The Labute approximate surface area is 68.6 Å². The van der Waals surface area contributed by atoms with E-state index in [-0.39, 0.29) is 6.03 Å². The van der Waals surface area contributed by atoms with Crippen LogP contribution in [-0.4, -0.2) is 19.1 Å². The predicted octanol–water partition coefficient (Wildman–Crippen LogP) is 1.50. The maximum atomic E-state index is 10.9. The average molecular weight is 158 g/mol. The van der Waals surface area contributed by atoms with Crippen LogP contribution in [0, 0.1) is 0 Å². The summed E-state index contributed by atoms with van der Waals surface area (Å²) in [7, 11) is 0. The van der Waals surface area contributed by atoms with E-state index >= 15 is 0 Å². The van der Waals surface area contributed by atoms with E-state index in [1.807, 2.05) is 6.92 Å². The van der Waals surface area contributed by atoms with E-state index in [1.54, 1.807) is 0 Å². The molecular formula is C8H18N2O. The van der Waals surface area contributed by atoms with Crippen LogP contribution in [0.1, 0.15) is 33.1 Å². The van der Waals surface area contributed by atoms with E-state index in [4.69, 9.17) is 0 Å². The van der Waals surface area contributed by atoms with Crippen LogP contribution in [0.4, 0.5) is 4.79 Å². The summed E-state index contributed by atoms with van der Waals surface area (Å²) < 4.78 is 0. The van der Waals surface area contributed by atoms with Crippen LogP contribution in [-0.2, 0) is 0 Å². The number of amides is 2. The van der Waals surface area contributed by atoms with Gasteiger partial charge < -0.3 is 10.6 Å². The summed E-state index contributed by atoms with van der Waals surface area (Å²) in [4.78, 5) is 10.9. The van der Waals surface area contributed by atoms with Gasteiger partial charge in [-0.1, -0.05) is 20.3 Å². The highest BCUT2D eigenvalue weighted by molar-refractivity contribution is 5.73. The zero-order chi connectivity index (χ0) is 8.53. The Balaban J connectivity index is 3.09. The lowest BCUT2D eigenvalue weighted by Gasteiger charge is -2.04. The van der Waals surface area contributed by atoms with Gasteiger partial charge in [0.1, 0.15) is 0 Å². The van der Waals surface area contributed by atoms with Gasteiger partial charge in [0, 0.05) is 13.1 Å². The van der Waals surface area contributed by atoms with Crippen LogP contribution >= 0.6 is 0 Å². The topological polar surface area (TPSA) is 41.1 Å². The van der Waals surface area contributed by atoms with Crippen molar-refractivity contribution in [1.82, 2.24) is 10.6 Å². The van der Waals surface area contributed by atoms with Crippen LogP contribution in [0.5, 0.6) is 0 Å². The third-order valence-corrected chi connectivity index (χ3v) is 1.35. The summed E-state index contributed by atoms with van der Waals surface area (Å²) >= 11 is 0. The molecule has 66 valence electrons. The van der Waals surface area contributed by atoms with Crippen molar-refractivity contribution >= 4 is 6.03 Å². The number of unbranched alkanes of at least 4 members (excludes halogenated alkanes) is 1. The molecule has 0 saturated carbocycles. The Kier molecular flexibility index (Phi) is 6.89. The van der Waals surface area contributed by atoms with Gasteiger partial charge in [0.2, 0.25) is 0 Å². The van der Waals surface area contributed by atoms with Crippen LogP contribution in [0.25, 0.3) is 0 Å². The second-order valence-corrected chi connectivity index (χ2v) is 2.54. The van der Waals surface area contributed by atoms with Crippen molar-refractivity contribution in [2.24, 2.45) is 0 Å². The highest BCUT2D eigenvalue weighted by Gasteiger charge is 1.94. The number of nitrogens with one attached hydrogen (secondary N) is 2. The molecule has 2 amide bonds. The Morgan fingerprint density at radius 2 is 1.73 bits per heavy atom. The van der Waals surface area contributed by atoms with Gasteiger partial charge >= 0.3 is 6.03 Å². The second-order valence-electron chi connectivity index (χ2n) is 2.54. The van der Waals surface area contributed by atoms with Gasteiger partial charge in [0.05, 0.1) is 0 Å². The first-order valence-corrected chi connectivity index (χ1v) is 4.33. The Hall–Kier alpha value is -0.730. The van der Waals surface area contributed by atoms with Crippen molar-refractivity contribution in [1.29, 1.82) is 0 Å². The molecule has 0 aliphatic rings. The molecule has 0 spiro atoms. The first-order valence-electron chi connectivity index (χ1n) is 4.33. The third-order valence-electron chi connectivity index (χ3n) is 1.35. The normalized spacial score (nSPS) is 9.27. The van der Waals surface area contributed by atoms with Crippen molar-refractivity contribution in [2.75, 3.05) is 13.1 Å². The minimum Gasteiger partial charge on any atom is -0.338 e. The molecular weight excluding hydrogens is 140 g/mol. The molecule has 0 heterocycles. The zero-order valence-electron chi connectivity index (χ0n) is 7.44. The summed E-state index contributed by atoms with van der Waals surface area (Å²) in [6.07, 6.45) is 3.16. The van der Waals surface area contributed by atoms with E-state index in [2.05, 4.69) is 17.6 Å². The number of hydrogen-bond acceptors (Lipinski definition) is 1. The average Bonchev–Trinajstić information content (AvgIpc) is 2.01. The summed E-state index contributed by atoms with van der Waals surface area (Å²) in [5, 5.41) is 5.51. The molecule has 0 rings (SSSR count). The second kappa shape index (κ2) is 7.38. The van der Waals surface area contributed by atoms with E-state index < -0.39 is 0 Å². The fourth-order valence-corrected chi connectivity index (χ4v) is 0.680. The fraction of sp³-hybridized carbons (Fsp3) is 0.875. The number of rotatable bonds is 5. The van der Waals surface area contributed by atoms with Crippen LogP contribution < -0.4 is 10.6 Å². The molecule has 11 heavy (non-hydrogen) atoms. The van der Waals surface area contributed by atoms with Gasteiger partial charge in [-0.25, -0.2) is 4.79 Å². The molecule has 3 nitrogen and oxygen atoms in total. The highest BCUT2D eigenvalue weighted by Crippen LogP contribution is 1.81. The maximum Gasteiger partial charge on any atom is 0.314 e. The Morgan fingerprint density at radius 1 is 1.09 bits per heavy atom. The van der Waals surface area contributed by atoms with Crippen molar-refractivity contribution in [3.05, 3.63) is 0 Å². The van der Waals surface area contributed by atoms with Gasteiger partial charge in [-0.15, -0.1) is 0 Å². The first kappa shape index (κ1) is 10.3. The van der Waals surface area contributed by atoms with E-state index in [1.165, 1.54) is 0 Å². The zero-order valence-corrected chi connectivity index (χ0v) is 7.44. The summed E-state index contributed by atoms with van der Waals surface area (Å²) in [5.41, 5.74) is 0. The minimum atomic E-state index is -0.0414. The van der Waals surface area contributed by atoms with E-state index in [0.717, 1.165) is 32.4 Å². The quantitative estimate of drug-likeness (QED) is 0.585. The van der Waals surface area contributed by atoms with Gasteiger partial charge in [-0.05, 0) is 12.8 Å². The Bertz CT molecular complexity index is 104. The molecule has 0 fully saturated rings. The molecule has 0 aromatic rings. The lowest BCUT2D eigenvalue weighted by molar-refractivity contribution is 0.241. The molecule has 0 aliphatic carbocycles. The number of urea groups is 1. The van der Waals surface area contributed by atoms with Crippen LogP contribution in [0.2, 0.25) is 0 Å².